The molecule has 0 spiro atoms. The molecule has 0 unspecified atom stereocenters. The van der Waals surface area contributed by atoms with Crippen molar-refractivity contribution in [3.05, 3.63) is 69.1 Å². The van der Waals surface area contributed by atoms with Gasteiger partial charge in [0.2, 0.25) is 5.13 Å². The second-order valence-corrected chi connectivity index (χ2v) is 7.97. The molecule has 9 heteroatoms. The van der Waals surface area contributed by atoms with Gasteiger partial charge in [0.1, 0.15) is 6.61 Å². The monoisotopic (exact) mass is 503 g/mol. The topological polar surface area (TPSA) is 82.0 Å². The maximum absolute atomic E-state index is 11.6. The molecule has 0 saturated carbocycles. The van der Waals surface area contributed by atoms with Crippen LogP contribution in [0, 0.1) is 0 Å². The van der Waals surface area contributed by atoms with Crippen LogP contribution in [0.2, 0.25) is 0 Å². The maximum Gasteiger partial charge on any atom is 0.311 e. The number of hydrogen-bond acceptors (Lipinski definition) is 8. The molecule has 2 aromatic carbocycles. The fourth-order valence-electron chi connectivity index (χ4n) is 2.67. The van der Waals surface area contributed by atoms with E-state index in [4.69, 9.17) is 14.2 Å². The molecule has 0 aliphatic heterocycles. The van der Waals surface area contributed by atoms with Crippen LogP contribution in [0.5, 0.6) is 11.5 Å². The van der Waals surface area contributed by atoms with E-state index < -0.39 is 0 Å². The summed E-state index contributed by atoms with van der Waals surface area (Å²) in [5.74, 6) is 0.904. The van der Waals surface area contributed by atoms with Gasteiger partial charge in [-0.25, -0.2) is 4.98 Å². The van der Waals surface area contributed by atoms with Crippen molar-refractivity contribution in [2.45, 2.75) is 20.0 Å². The van der Waals surface area contributed by atoms with Crippen molar-refractivity contribution in [3.8, 4) is 11.5 Å². The molecule has 0 fully saturated rings. The molecule has 0 bridgehead atoms. The van der Waals surface area contributed by atoms with Gasteiger partial charge in [-0.3, -0.25) is 10.2 Å². The Morgan fingerprint density at radius 2 is 2.10 bits per heavy atom. The lowest BCUT2D eigenvalue weighted by Crippen LogP contribution is -2.07. The lowest BCUT2D eigenvalue weighted by atomic mass is 10.2. The van der Waals surface area contributed by atoms with Gasteiger partial charge in [0.25, 0.3) is 0 Å². The number of carbonyl (C=O) groups is 1. The number of hydrazone groups is 1. The minimum Gasteiger partial charge on any atom is -0.493 e. The van der Waals surface area contributed by atoms with Crippen LogP contribution in [-0.4, -0.2) is 30.9 Å². The molecule has 0 radical (unpaired) electrons. The minimum atomic E-state index is -0.300. The second-order valence-electron chi connectivity index (χ2n) is 6.25. The number of esters is 1. The number of anilines is 1. The number of nitrogens with zero attached hydrogens (tertiary/aromatic N) is 2. The van der Waals surface area contributed by atoms with Crippen molar-refractivity contribution in [2.24, 2.45) is 5.10 Å². The fraction of sp³-hybridized carbons (Fsp3) is 0.227. The number of ether oxygens (including phenoxy) is 3. The zero-order valence-corrected chi connectivity index (χ0v) is 19.5. The number of hydrogen-bond donors (Lipinski definition) is 1. The normalized spacial score (nSPS) is 10.8. The first-order chi connectivity index (χ1) is 15.1. The summed E-state index contributed by atoms with van der Waals surface area (Å²) in [6.45, 7) is 2.50. The number of thiazole rings is 1. The van der Waals surface area contributed by atoms with Gasteiger partial charge in [0.05, 0.1) is 32.0 Å². The number of aromatic nitrogens is 1. The van der Waals surface area contributed by atoms with E-state index in [9.17, 15) is 4.79 Å². The fourth-order valence-corrected chi connectivity index (χ4v) is 3.73. The Morgan fingerprint density at radius 3 is 2.87 bits per heavy atom. The summed E-state index contributed by atoms with van der Waals surface area (Å²) in [7, 11) is 1.60. The number of para-hydroxylation sites is 1. The maximum atomic E-state index is 11.6. The van der Waals surface area contributed by atoms with E-state index in [1.165, 1.54) is 11.3 Å². The number of rotatable bonds is 10. The van der Waals surface area contributed by atoms with Crippen molar-refractivity contribution < 1.29 is 19.0 Å². The summed E-state index contributed by atoms with van der Waals surface area (Å²) < 4.78 is 17.4. The third-order valence-electron chi connectivity index (χ3n) is 4.11. The molecule has 1 heterocycles. The number of halogens is 1. The van der Waals surface area contributed by atoms with Crippen LogP contribution in [0.15, 0.2) is 57.4 Å². The highest BCUT2D eigenvalue weighted by Crippen LogP contribution is 2.31. The van der Waals surface area contributed by atoms with E-state index in [1.807, 2.05) is 42.5 Å². The average molecular weight is 504 g/mol. The van der Waals surface area contributed by atoms with Crippen LogP contribution in [-0.2, 0) is 22.6 Å². The van der Waals surface area contributed by atoms with Crippen LogP contribution in [0.4, 0.5) is 5.13 Å². The third kappa shape index (κ3) is 6.53. The molecule has 1 aromatic heterocycles. The largest absolute Gasteiger partial charge is 0.493 e. The van der Waals surface area contributed by atoms with E-state index in [2.05, 4.69) is 31.4 Å². The molecule has 31 heavy (non-hydrogen) atoms. The highest BCUT2D eigenvalue weighted by Gasteiger charge is 2.11. The number of carbonyl (C=O) groups excluding carboxylic acids is 1. The predicted octanol–water partition coefficient (Wildman–Crippen LogP) is 5.04. The Labute approximate surface area is 193 Å². The Kier molecular flexibility index (Phi) is 8.43. The number of methoxy groups -OCH3 is 1. The number of nitrogens with one attached hydrogen (secondary N) is 1. The summed E-state index contributed by atoms with van der Waals surface area (Å²) >= 11 is 4.90. The highest BCUT2D eigenvalue weighted by atomic mass is 79.9. The lowest BCUT2D eigenvalue weighted by Gasteiger charge is -2.13. The van der Waals surface area contributed by atoms with Crippen LogP contribution >= 0.6 is 27.3 Å². The van der Waals surface area contributed by atoms with Gasteiger partial charge in [-0.2, -0.15) is 5.10 Å². The van der Waals surface area contributed by atoms with Crippen molar-refractivity contribution in [1.29, 1.82) is 0 Å². The van der Waals surface area contributed by atoms with E-state index in [0.29, 0.717) is 35.5 Å². The molecule has 0 saturated heterocycles. The molecule has 0 atom stereocenters. The molecule has 162 valence electrons. The van der Waals surface area contributed by atoms with Crippen molar-refractivity contribution in [3.63, 3.8) is 0 Å². The number of benzene rings is 2. The smallest absolute Gasteiger partial charge is 0.311 e. The summed E-state index contributed by atoms with van der Waals surface area (Å²) in [6, 6.07) is 13.5. The van der Waals surface area contributed by atoms with Crippen LogP contribution in [0.3, 0.4) is 0 Å². The van der Waals surface area contributed by atoms with Gasteiger partial charge in [0.15, 0.2) is 11.5 Å². The van der Waals surface area contributed by atoms with Gasteiger partial charge < -0.3 is 14.2 Å². The summed E-state index contributed by atoms with van der Waals surface area (Å²) in [4.78, 5) is 15.9. The molecule has 1 N–H and O–H groups in total. The molecule has 3 aromatic rings. The minimum absolute atomic E-state index is 0.138. The zero-order valence-electron chi connectivity index (χ0n) is 17.1. The SMILES string of the molecule is CCOC(=O)Cc1csc(NN=Cc2cccc(OC)c2OCc2ccccc2Br)n1. The predicted molar refractivity (Wildman–Crippen MR) is 125 cm³/mol. The van der Waals surface area contributed by atoms with Crippen LogP contribution in [0.25, 0.3) is 0 Å². The molecule has 0 aliphatic rings. The first kappa shape index (κ1) is 22.8. The van der Waals surface area contributed by atoms with Gasteiger partial charge >= 0.3 is 5.97 Å². The van der Waals surface area contributed by atoms with Gasteiger partial charge in [-0.15, -0.1) is 11.3 Å². The van der Waals surface area contributed by atoms with E-state index in [0.717, 1.165) is 15.6 Å². The zero-order chi connectivity index (χ0) is 22.1. The van der Waals surface area contributed by atoms with Crippen LogP contribution < -0.4 is 14.9 Å². The van der Waals surface area contributed by atoms with Gasteiger partial charge in [-0.05, 0) is 25.1 Å². The summed E-state index contributed by atoms with van der Waals surface area (Å²) in [5.41, 5.74) is 5.30. The first-order valence-corrected chi connectivity index (χ1v) is 11.2. The van der Waals surface area contributed by atoms with Crippen molar-refractivity contribution in [2.75, 3.05) is 19.1 Å². The third-order valence-corrected chi connectivity index (χ3v) is 5.67. The molecule has 3 rings (SSSR count). The Morgan fingerprint density at radius 1 is 1.26 bits per heavy atom. The van der Waals surface area contributed by atoms with Gasteiger partial charge in [-0.1, -0.05) is 40.2 Å². The Hall–Kier alpha value is -2.91. The quantitative estimate of drug-likeness (QED) is 0.237. The summed E-state index contributed by atoms with van der Waals surface area (Å²) in [6.07, 6.45) is 1.78. The Balaban J connectivity index is 1.68. The van der Waals surface area contributed by atoms with Crippen molar-refractivity contribution in [1.82, 2.24) is 4.98 Å². The summed E-state index contributed by atoms with van der Waals surface area (Å²) in [5, 5.41) is 6.64. The first-order valence-electron chi connectivity index (χ1n) is 9.53. The van der Waals surface area contributed by atoms with Crippen molar-refractivity contribution >= 4 is 44.6 Å². The molecule has 0 amide bonds. The lowest BCUT2D eigenvalue weighted by molar-refractivity contribution is -0.142. The van der Waals surface area contributed by atoms with E-state index in [1.54, 1.807) is 25.6 Å². The molecule has 7 nitrogen and oxygen atoms in total. The standard InChI is InChI=1S/C22H22BrN3O4S/c1-3-29-20(27)11-17-14-31-22(25-17)26-24-12-15-8-6-10-19(28-2)21(15)30-13-16-7-4-5-9-18(16)23/h4-10,12,14H,3,11,13H2,1-2H3,(H,25,26). The Bertz CT molecular complexity index is 1050. The molecular formula is C22H22BrN3O4S. The second kappa shape index (κ2) is 11.5. The average Bonchev–Trinajstić information content (AvgIpc) is 3.20. The molecule has 0 aliphatic carbocycles. The van der Waals surface area contributed by atoms with Gasteiger partial charge in [0, 0.05) is 21.0 Å². The highest BCUT2D eigenvalue weighted by molar-refractivity contribution is 9.10. The molecular weight excluding hydrogens is 482 g/mol. The van der Waals surface area contributed by atoms with E-state index in [-0.39, 0.29) is 12.4 Å². The van der Waals surface area contributed by atoms with E-state index >= 15 is 0 Å². The van der Waals surface area contributed by atoms with Crippen LogP contribution in [0.1, 0.15) is 23.7 Å².